The van der Waals surface area contributed by atoms with Crippen LogP contribution in [0.5, 0.6) is 0 Å². The third-order valence-corrected chi connectivity index (χ3v) is 2.66. The SMILES string of the molecule is CC1=CC(=NNC(=O)c2ccc(N)cc2)CC1. The normalized spacial score (nSPS) is 17.0. The predicted octanol–water partition coefficient (Wildman–Crippen LogP) is 2.09. The standard InChI is InChI=1S/C13H15N3O/c1-9-2-7-12(8-9)15-16-13(17)10-3-5-11(14)6-4-10/h3-6,8H,2,7,14H2,1H3,(H,16,17). The number of carbonyl (C=O) groups excluding carboxylic acids is 1. The third-order valence-electron chi connectivity index (χ3n) is 2.66. The van der Waals surface area contributed by atoms with Crippen molar-refractivity contribution in [3.8, 4) is 0 Å². The van der Waals surface area contributed by atoms with Gasteiger partial charge in [-0.2, -0.15) is 5.10 Å². The van der Waals surface area contributed by atoms with Gasteiger partial charge in [0.25, 0.3) is 5.91 Å². The molecule has 0 saturated heterocycles. The molecule has 3 N–H and O–H groups in total. The number of rotatable bonds is 2. The van der Waals surface area contributed by atoms with Crippen LogP contribution in [0, 0.1) is 0 Å². The highest BCUT2D eigenvalue weighted by Crippen LogP contribution is 2.14. The van der Waals surface area contributed by atoms with E-state index in [1.165, 1.54) is 5.57 Å². The van der Waals surface area contributed by atoms with Gasteiger partial charge in [0.2, 0.25) is 0 Å². The molecule has 2 rings (SSSR count). The van der Waals surface area contributed by atoms with Crippen molar-refractivity contribution in [3.63, 3.8) is 0 Å². The molecule has 17 heavy (non-hydrogen) atoms. The molecule has 4 heteroatoms. The molecule has 0 fully saturated rings. The number of hydrogen-bond donors (Lipinski definition) is 2. The molecule has 0 spiro atoms. The van der Waals surface area contributed by atoms with Crippen LogP contribution in [0.2, 0.25) is 0 Å². The molecule has 0 unspecified atom stereocenters. The molecule has 1 aliphatic carbocycles. The first-order valence-corrected chi connectivity index (χ1v) is 5.55. The highest BCUT2D eigenvalue weighted by atomic mass is 16.2. The van der Waals surface area contributed by atoms with Crippen molar-refractivity contribution in [2.24, 2.45) is 5.10 Å². The van der Waals surface area contributed by atoms with E-state index in [1.807, 2.05) is 6.08 Å². The monoisotopic (exact) mass is 229 g/mol. The topological polar surface area (TPSA) is 67.5 Å². The number of nitrogens with zero attached hydrogens (tertiary/aromatic N) is 1. The maximum Gasteiger partial charge on any atom is 0.271 e. The first kappa shape index (κ1) is 11.4. The molecule has 0 aromatic heterocycles. The van der Waals surface area contributed by atoms with Crippen molar-refractivity contribution in [3.05, 3.63) is 41.5 Å². The largest absolute Gasteiger partial charge is 0.399 e. The Hall–Kier alpha value is -2.10. The fourth-order valence-corrected chi connectivity index (χ4v) is 1.66. The van der Waals surface area contributed by atoms with E-state index in [2.05, 4.69) is 17.5 Å². The molecule has 4 nitrogen and oxygen atoms in total. The molecule has 0 radical (unpaired) electrons. The van der Waals surface area contributed by atoms with E-state index in [1.54, 1.807) is 24.3 Å². The molecule has 0 saturated carbocycles. The third kappa shape index (κ3) is 2.93. The number of hydrogen-bond acceptors (Lipinski definition) is 3. The van der Waals surface area contributed by atoms with Gasteiger partial charge in [-0.1, -0.05) is 5.57 Å². The van der Waals surface area contributed by atoms with Crippen LogP contribution in [0.15, 0.2) is 41.0 Å². The summed E-state index contributed by atoms with van der Waals surface area (Å²) in [5, 5.41) is 4.08. The van der Waals surface area contributed by atoms with E-state index in [0.717, 1.165) is 18.6 Å². The highest BCUT2D eigenvalue weighted by Gasteiger charge is 2.08. The smallest absolute Gasteiger partial charge is 0.271 e. The van der Waals surface area contributed by atoms with Crippen LogP contribution in [0.25, 0.3) is 0 Å². The molecular weight excluding hydrogens is 214 g/mol. The number of nitrogens with two attached hydrogens (primary N) is 1. The molecule has 1 aromatic rings. The van der Waals surface area contributed by atoms with E-state index in [0.29, 0.717) is 11.3 Å². The minimum Gasteiger partial charge on any atom is -0.399 e. The molecule has 1 amide bonds. The summed E-state index contributed by atoms with van der Waals surface area (Å²) in [7, 11) is 0. The van der Waals surface area contributed by atoms with Crippen molar-refractivity contribution in [2.45, 2.75) is 19.8 Å². The summed E-state index contributed by atoms with van der Waals surface area (Å²) in [5.74, 6) is -0.213. The van der Waals surface area contributed by atoms with Gasteiger partial charge in [-0.05, 0) is 50.1 Å². The second-order valence-electron chi connectivity index (χ2n) is 4.16. The van der Waals surface area contributed by atoms with Gasteiger partial charge in [0.15, 0.2) is 0 Å². The zero-order valence-corrected chi connectivity index (χ0v) is 9.73. The summed E-state index contributed by atoms with van der Waals surface area (Å²) in [4.78, 5) is 11.7. The number of anilines is 1. The Labute approximate surface area is 100 Å². The van der Waals surface area contributed by atoms with Crippen molar-refractivity contribution >= 4 is 17.3 Å². The average Bonchev–Trinajstić information content (AvgIpc) is 2.73. The highest BCUT2D eigenvalue weighted by molar-refractivity contribution is 6.00. The zero-order chi connectivity index (χ0) is 12.3. The second-order valence-corrected chi connectivity index (χ2v) is 4.16. The summed E-state index contributed by atoms with van der Waals surface area (Å²) in [6.45, 7) is 2.06. The Morgan fingerprint density at radius 3 is 2.59 bits per heavy atom. The van der Waals surface area contributed by atoms with Gasteiger partial charge >= 0.3 is 0 Å². The number of amides is 1. The Balaban J connectivity index is 2.00. The molecule has 0 bridgehead atoms. The lowest BCUT2D eigenvalue weighted by Gasteiger charge is -2.01. The van der Waals surface area contributed by atoms with E-state index < -0.39 is 0 Å². The first-order valence-electron chi connectivity index (χ1n) is 5.55. The predicted molar refractivity (Wildman–Crippen MR) is 68.7 cm³/mol. The zero-order valence-electron chi connectivity index (χ0n) is 9.73. The minimum atomic E-state index is -0.213. The molecule has 1 aromatic carbocycles. The van der Waals surface area contributed by atoms with Crippen molar-refractivity contribution in [1.29, 1.82) is 0 Å². The molecule has 0 aliphatic heterocycles. The van der Waals surface area contributed by atoms with Gasteiger partial charge in [0, 0.05) is 11.3 Å². The van der Waals surface area contributed by atoms with Crippen molar-refractivity contribution in [1.82, 2.24) is 5.43 Å². The van der Waals surface area contributed by atoms with E-state index >= 15 is 0 Å². The fraction of sp³-hybridized carbons (Fsp3) is 0.231. The van der Waals surface area contributed by atoms with Gasteiger partial charge in [-0.15, -0.1) is 0 Å². The Morgan fingerprint density at radius 2 is 2.00 bits per heavy atom. The maximum absolute atomic E-state index is 11.7. The van der Waals surface area contributed by atoms with E-state index in [-0.39, 0.29) is 5.91 Å². The van der Waals surface area contributed by atoms with Crippen LogP contribution in [0.1, 0.15) is 30.1 Å². The Morgan fingerprint density at radius 1 is 1.29 bits per heavy atom. The summed E-state index contributed by atoms with van der Waals surface area (Å²) in [5.41, 5.74) is 11.5. The van der Waals surface area contributed by atoms with Crippen LogP contribution in [0.3, 0.4) is 0 Å². The number of nitrogens with one attached hydrogen (secondary N) is 1. The van der Waals surface area contributed by atoms with Crippen LogP contribution in [0.4, 0.5) is 5.69 Å². The lowest BCUT2D eigenvalue weighted by Crippen LogP contribution is -2.18. The Bertz CT molecular complexity index is 486. The molecular formula is C13H15N3O. The molecule has 88 valence electrons. The maximum atomic E-state index is 11.7. The molecule has 0 heterocycles. The average molecular weight is 229 g/mol. The summed E-state index contributed by atoms with van der Waals surface area (Å²) < 4.78 is 0. The van der Waals surface area contributed by atoms with Crippen LogP contribution < -0.4 is 11.2 Å². The summed E-state index contributed by atoms with van der Waals surface area (Å²) >= 11 is 0. The minimum absolute atomic E-state index is 0.213. The summed E-state index contributed by atoms with van der Waals surface area (Å²) in [6, 6.07) is 6.75. The van der Waals surface area contributed by atoms with Crippen LogP contribution in [-0.2, 0) is 0 Å². The van der Waals surface area contributed by atoms with Gasteiger partial charge in [0.1, 0.15) is 0 Å². The van der Waals surface area contributed by atoms with Gasteiger partial charge < -0.3 is 5.73 Å². The number of carbonyl (C=O) groups is 1. The van der Waals surface area contributed by atoms with Crippen LogP contribution in [-0.4, -0.2) is 11.6 Å². The number of allylic oxidation sites excluding steroid dienone is 2. The van der Waals surface area contributed by atoms with Crippen molar-refractivity contribution in [2.75, 3.05) is 5.73 Å². The lowest BCUT2D eigenvalue weighted by atomic mass is 10.2. The first-order chi connectivity index (χ1) is 8.15. The molecule has 1 aliphatic rings. The number of benzene rings is 1. The van der Waals surface area contributed by atoms with Crippen LogP contribution >= 0.6 is 0 Å². The second kappa shape index (κ2) is 4.82. The number of hydrazone groups is 1. The molecule has 0 atom stereocenters. The van der Waals surface area contributed by atoms with Gasteiger partial charge in [-0.3, -0.25) is 4.79 Å². The lowest BCUT2D eigenvalue weighted by molar-refractivity contribution is 0.0955. The quantitative estimate of drug-likeness (QED) is 0.602. The fourth-order valence-electron chi connectivity index (χ4n) is 1.66. The van der Waals surface area contributed by atoms with Crippen molar-refractivity contribution < 1.29 is 4.79 Å². The number of nitrogen functional groups attached to an aromatic ring is 1. The van der Waals surface area contributed by atoms with Gasteiger partial charge in [0.05, 0.1) is 5.71 Å². The van der Waals surface area contributed by atoms with E-state index in [4.69, 9.17) is 5.73 Å². The van der Waals surface area contributed by atoms with E-state index in [9.17, 15) is 4.79 Å². The Kier molecular flexibility index (Phi) is 3.23. The summed E-state index contributed by atoms with van der Waals surface area (Å²) in [6.07, 6.45) is 3.92. The van der Waals surface area contributed by atoms with Gasteiger partial charge in [-0.25, -0.2) is 5.43 Å².